The van der Waals surface area contributed by atoms with E-state index in [1.165, 1.54) is 6.07 Å². The number of nitrogens with zero attached hydrogens (tertiary/aromatic N) is 3. The number of aliphatic imine (C=N–C) groups is 1. The van der Waals surface area contributed by atoms with Gasteiger partial charge in [0.1, 0.15) is 18.1 Å². The molecule has 2 atom stereocenters. The van der Waals surface area contributed by atoms with E-state index in [0.29, 0.717) is 10.9 Å². The van der Waals surface area contributed by atoms with Crippen LogP contribution in [-0.2, 0) is 15.4 Å². The number of anilines is 1. The van der Waals surface area contributed by atoms with Crippen LogP contribution >= 0.6 is 0 Å². The molecule has 0 saturated heterocycles. The van der Waals surface area contributed by atoms with Crippen molar-refractivity contribution in [3.8, 4) is 0 Å². The second kappa shape index (κ2) is 7.27. The van der Waals surface area contributed by atoms with Crippen LogP contribution in [0.25, 0.3) is 0 Å². The van der Waals surface area contributed by atoms with Crippen molar-refractivity contribution in [3.05, 3.63) is 90.7 Å². The molecule has 32 heavy (non-hydrogen) atoms. The highest BCUT2D eigenvalue weighted by Gasteiger charge is 2.37. The number of primary sulfonamides is 1. The molecule has 4 N–H and O–H groups in total. The molecule has 162 valence electrons. The predicted octanol–water partition coefficient (Wildman–Crippen LogP) is 3.50. The number of nitrogens with one attached hydrogen (secondary N) is 2. The Bertz CT molecular complexity index is 1380. The first-order chi connectivity index (χ1) is 15.3. The van der Waals surface area contributed by atoms with Gasteiger partial charge in [-0.2, -0.15) is 5.10 Å². The lowest BCUT2D eigenvalue weighted by Gasteiger charge is -2.35. The molecule has 0 fully saturated rings. The molecule has 2 aliphatic rings. The summed E-state index contributed by atoms with van der Waals surface area (Å²) in [5, 5.41) is 15.8. The van der Waals surface area contributed by atoms with Crippen molar-refractivity contribution in [2.75, 3.05) is 12.4 Å². The van der Waals surface area contributed by atoms with Crippen molar-refractivity contribution in [2.24, 2.45) is 10.1 Å². The maximum absolute atomic E-state index is 12.0. The maximum atomic E-state index is 12.0. The van der Waals surface area contributed by atoms with Gasteiger partial charge in [-0.05, 0) is 35.7 Å². The average molecular weight is 448 g/mol. The Morgan fingerprint density at radius 1 is 1.16 bits per heavy atom. The normalized spacial score (nSPS) is 24.2. The summed E-state index contributed by atoms with van der Waals surface area (Å²) < 4.78 is 24.4. The van der Waals surface area contributed by atoms with E-state index in [1.54, 1.807) is 18.3 Å². The molecule has 0 aliphatic carbocycles. The predicted molar refractivity (Wildman–Crippen MR) is 126 cm³/mol. The van der Waals surface area contributed by atoms with Crippen LogP contribution in [-0.4, -0.2) is 31.9 Å². The minimum Gasteiger partial charge on any atom is -0.352 e. The number of rotatable bonds is 4. The Labute approximate surface area is 186 Å². The van der Waals surface area contributed by atoms with Crippen molar-refractivity contribution >= 4 is 33.3 Å². The Kier molecular flexibility index (Phi) is 4.63. The summed E-state index contributed by atoms with van der Waals surface area (Å²) in [6.07, 6.45) is 13.9. The molecule has 2 unspecified atom stereocenters. The van der Waals surface area contributed by atoms with Gasteiger partial charge in [-0.15, -0.1) is 0 Å². The van der Waals surface area contributed by atoms with E-state index < -0.39 is 15.4 Å². The number of nitrogens with two attached hydrogens (primary N) is 1. The van der Waals surface area contributed by atoms with Crippen LogP contribution in [0.2, 0.25) is 0 Å². The fraction of sp³-hybridized carbons (Fsp3) is 0.130. The van der Waals surface area contributed by atoms with Crippen molar-refractivity contribution in [3.63, 3.8) is 0 Å². The average Bonchev–Trinajstić information content (AvgIpc) is 3.35. The first-order valence-corrected chi connectivity index (χ1v) is 11.7. The third-order valence-corrected chi connectivity index (χ3v) is 7.16. The van der Waals surface area contributed by atoms with Gasteiger partial charge in [0, 0.05) is 18.5 Å². The number of aromatic amines is 1. The molecule has 3 heterocycles. The molecular formula is C23H23N6O2S+. The molecule has 0 amide bonds. The molecule has 0 spiro atoms. The Morgan fingerprint density at radius 3 is 2.72 bits per heavy atom. The van der Waals surface area contributed by atoms with Crippen LogP contribution in [0.3, 0.4) is 0 Å². The summed E-state index contributed by atoms with van der Waals surface area (Å²) in [6.45, 7) is 0. The van der Waals surface area contributed by atoms with Crippen LogP contribution in [0.15, 0.2) is 89.4 Å². The third kappa shape index (κ3) is 3.18. The summed E-state index contributed by atoms with van der Waals surface area (Å²) in [7, 11) is -1.73. The van der Waals surface area contributed by atoms with E-state index in [2.05, 4.69) is 52.0 Å². The highest BCUT2D eigenvalue weighted by atomic mass is 32.2. The highest BCUT2D eigenvalue weighted by Crippen LogP contribution is 2.45. The number of hydrogen-bond acceptors (Lipinski definition) is 5. The molecule has 0 radical (unpaired) electrons. The van der Waals surface area contributed by atoms with Gasteiger partial charge in [-0.1, -0.05) is 24.3 Å². The van der Waals surface area contributed by atoms with Gasteiger partial charge in [0.2, 0.25) is 10.0 Å². The van der Waals surface area contributed by atoms with E-state index >= 15 is 0 Å². The number of H-pyrrole nitrogens is 1. The zero-order chi connectivity index (χ0) is 22.4. The van der Waals surface area contributed by atoms with Crippen LogP contribution in [0.4, 0.5) is 17.1 Å². The lowest BCUT2D eigenvalue weighted by atomic mass is 9.72. The lowest BCUT2D eigenvalue weighted by molar-refractivity contribution is 0.597. The molecule has 8 nitrogen and oxygen atoms in total. The van der Waals surface area contributed by atoms with Gasteiger partial charge in [-0.3, -0.25) is 10.1 Å². The van der Waals surface area contributed by atoms with Crippen molar-refractivity contribution in [1.82, 2.24) is 14.7 Å². The van der Waals surface area contributed by atoms with E-state index in [0.717, 1.165) is 28.2 Å². The van der Waals surface area contributed by atoms with Gasteiger partial charge in [0.15, 0.2) is 11.4 Å². The van der Waals surface area contributed by atoms with Crippen LogP contribution < -0.4 is 14.9 Å². The smallest absolute Gasteiger partial charge is 0.238 e. The number of benzene rings is 2. The fourth-order valence-electron chi connectivity index (χ4n) is 4.44. The van der Waals surface area contributed by atoms with Gasteiger partial charge >= 0.3 is 0 Å². The highest BCUT2D eigenvalue weighted by molar-refractivity contribution is 7.89. The zero-order valence-electron chi connectivity index (χ0n) is 17.4. The van der Waals surface area contributed by atoms with Crippen molar-refractivity contribution in [1.29, 1.82) is 0 Å². The first kappa shape index (κ1) is 20.4. The van der Waals surface area contributed by atoms with Crippen LogP contribution in [0, 0.1) is 0 Å². The van der Waals surface area contributed by atoms with Crippen LogP contribution in [0.1, 0.15) is 17.5 Å². The summed E-state index contributed by atoms with van der Waals surface area (Å²) >= 11 is 0. The molecule has 2 aromatic carbocycles. The zero-order valence-corrected chi connectivity index (χ0v) is 18.3. The van der Waals surface area contributed by atoms with Crippen molar-refractivity contribution in [2.45, 2.75) is 16.7 Å². The molecule has 0 bridgehead atoms. The van der Waals surface area contributed by atoms with E-state index in [1.807, 2.05) is 37.0 Å². The van der Waals surface area contributed by atoms with Gasteiger partial charge < -0.3 is 5.32 Å². The Balaban J connectivity index is 1.66. The SMILES string of the molecule is C[N+]1(c2cn[nH]c2)C=CNc2cc(C3(c4cccc(S(N)(=O)=O)c4)C=NC=CC3)ccc21. The third-order valence-electron chi connectivity index (χ3n) is 6.25. The molecule has 5 rings (SSSR count). The van der Waals surface area contributed by atoms with Gasteiger partial charge in [0.25, 0.3) is 0 Å². The van der Waals surface area contributed by atoms with Gasteiger partial charge in [-0.25, -0.2) is 18.0 Å². The minimum absolute atomic E-state index is 0.0838. The first-order valence-electron chi connectivity index (χ1n) is 10.1. The molecule has 0 saturated carbocycles. The molecular weight excluding hydrogens is 424 g/mol. The topological polar surface area (TPSA) is 113 Å². The Morgan fingerprint density at radius 2 is 2.00 bits per heavy atom. The number of hydrogen-bond donors (Lipinski definition) is 3. The summed E-state index contributed by atoms with van der Waals surface area (Å²) in [6, 6.07) is 13.0. The number of allylic oxidation sites excluding steroid dienone is 1. The number of fused-ring (bicyclic) bond motifs is 1. The standard InChI is InChI=1S/C23H23N6O2S/c1-29(19-14-27-28-15-19)11-10-26-21-13-18(6-7-22(21)29)23(8-3-9-25-16-23)17-4-2-5-20(12-17)32(24,30)31/h2-7,9-16,26H,8H2,1H3,(H,27,28)(H2,24,30,31)/q+1. The molecule has 3 aromatic rings. The Hall–Kier alpha value is -3.53. The number of quaternary nitrogens is 1. The number of aromatic nitrogens is 2. The van der Waals surface area contributed by atoms with Crippen LogP contribution in [0.5, 0.6) is 0 Å². The van der Waals surface area contributed by atoms with E-state index in [4.69, 9.17) is 5.14 Å². The number of sulfonamides is 1. The molecule has 9 heteroatoms. The fourth-order valence-corrected chi connectivity index (χ4v) is 5.00. The summed E-state index contributed by atoms with van der Waals surface area (Å²) in [5.41, 5.74) is 4.22. The second-order valence-electron chi connectivity index (χ2n) is 8.14. The van der Waals surface area contributed by atoms with Crippen molar-refractivity contribution < 1.29 is 8.42 Å². The van der Waals surface area contributed by atoms with E-state index in [-0.39, 0.29) is 4.90 Å². The second-order valence-corrected chi connectivity index (χ2v) is 9.70. The quantitative estimate of drug-likeness (QED) is 0.531. The molecule has 1 aromatic heterocycles. The lowest BCUT2D eigenvalue weighted by Crippen LogP contribution is -2.36. The van der Waals surface area contributed by atoms with E-state index in [9.17, 15) is 8.42 Å². The molecule has 2 aliphatic heterocycles. The maximum Gasteiger partial charge on any atom is 0.238 e. The monoisotopic (exact) mass is 447 g/mol. The van der Waals surface area contributed by atoms with Gasteiger partial charge in [0.05, 0.1) is 29.8 Å². The summed E-state index contributed by atoms with van der Waals surface area (Å²) in [5.74, 6) is 0. The largest absolute Gasteiger partial charge is 0.352 e. The minimum atomic E-state index is -3.82. The summed E-state index contributed by atoms with van der Waals surface area (Å²) in [4.78, 5) is 4.50.